The lowest BCUT2D eigenvalue weighted by atomic mass is 9.96. The zero-order chi connectivity index (χ0) is 22.7. The predicted octanol–water partition coefficient (Wildman–Crippen LogP) is 4.60. The number of thiazole rings is 1. The van der Waals surface area contributed by atoms with Crippen LogP contribution in [-0.4, -0.2) is 27.7 Å². The highest BCUT2D eigenvalue weighted by molar-refractivity contribution is 7.10. The Morgan fingerprint density at radius 3 is 2.84 bits per heavy atom. The van der Waals surface area contributed by atoms with Crippen molar-refractivity contribution < 1.29 is 9.90 Å². The van der Waals surface area contributed by atoms with Gasteiger partial charge in [-0.05, 0) is 23.6 Å². The summed E-state index contributed by atoms with van der Waals surface area (Å²) in [5, 5.41) is 17.7. The second kappa shape index (κ2) is 8.97. The molecule has 7 nitrogen and oxygen atoms in total. The molecule has 1 aliphatic rings. The van der Waals surface area contributed by atoms with Gasteiger partial charge in [0.2, 0.25) is 0 Å². The highest BCUT2D eigenvalue weighted by atomic mass is 35.5. The number of rotatable bonds is 6. The third kappa shape index (κ3) is 4.30. The van der Waals surface area contributed by atoms with Crippen LogP contribution in [0, 0.1) is 18.9 Å². The number of benzene rings is 1. The van der Waals surface area contributed by atoms with E-state index in [1.54, 1.807) is 23.7 Å². The van der Waals surface area contributed by atoms with Crippen LogP contribution >= 0.6 is 22.9 Å². The molecule has 0 spiro atoms. The van der Waals surface area contributed by atoms with Gasteiger partial charge in [-0.2, -0.15) is 0 Å². The second-order valence-electron chi connectivity index (χ2n) is 7.30. The second-order valence-corrected chi connectivity index (χ2v) is 8.56. The Hall–Kier alpha value is -3.43. The predicted molar refractivity (Wildman–Crippen MR) is 124 cm³/mol. The van der Waals surface area contributed by atoms with Crippen molar-refractivity contribution >= 4 is 34.8 Å². The number of nitrogens with one attached hydrogen (secondary N) is 2. The molecule has 0 aliphatic heterocycles. The molecular formula is C23H18ClN5O2S. The molecule has 1 aromatic carbocycles. The molecule has 0 unspecified atom stereocenters. The van der Waals surface area contributed by atoms with E-state index >= 15 is 0 Å². The third-order valence-electron chi connectivity index (χ3n) is 5.23. The van der Waals surface area contributed by atoms with Gasteiger partial charge in [-0.3, -0.25) is 10.3 Å². The first-order valence-electron chi connectivity index (χ1n) is 9.74. The Bertz CT molecular complexity index is 1260. The van der Waals surface area contributed by atoms with E-state index in [0.717, 1.165) is 29.7 Å². The van der Waals surface area contributed by atoms with E-state index in [1.807, 2.05) is 18.2 Å². The summed E-state index contributed by atoms with van der Waals surface area (Å²) in [7, 11) is 0. The van der Waals surface area contributed by atoms with Gasteiger partial charge < -0.3 is 15.3 Å². The normalized spacial score (nSPS) is 14.6. The van der Waals surface area contributed by atoms with E-state index in [-0.39, 0.29) is 6.61 Å². The number of carbonyl (C=O) groups is 1. The fourth-order valence-corrected chi connectivity index (χ4v) is 4.27. The number of urea groups is 1. The highest BCUT2D eigenvalue weighted by Crippen LogP contribution is 2.52. The molecule has 0 radical (unpaired) electrons. The standard InChI is InChI=1S/C23H18ClN5O2S/c1-3-20-28-19(13-32-20)29-22(31)27-18(12-30)14-6-7-15(17(24)11-14)16-5-4-10-26-21(16)23(25-2)8-9-23/h1,4-7,10-11,13,18,30H,8-9,12H2,(H2,27,29,31)/t18-/m1/s1. The van der Waals surface area contributed by atoms with Crippen molar-refractivity contribution in [1.82, 2.24) is 15.3 Å². The fourth-order valence-electron chi connectivity index (χ4n) is 3.42. The zero-order valence-corrected chi connectivity index (χ0v) is 18.4. The van der Waals surface area contributed by atoms with Crippen LogP contribution < -0.4 is 10.6 Å². The summed E-state index contributed by atoms with van der Waals surface area (Å²) < 4.78 is 0. The fraction of sp³-hybridized carbons (Fsp3) is 0.217. The summed E-state index contributed by atoms with van der Waals surface area (Å²) in [6, 6.07) is 7.82. The number of aliphatic hydroxyl groups excluding tert-OH is 1. The van der Waals surface area contributed by atoms with Crippen LogP contribution in [-0.2, 0) is 5.54 Å². The molecule has 2 amide bonds. The Morgan fingerprint density at radius 1 is 1.41 bits per heavy atom. The van der Waals surface area contributed by atoms with E-state index in [2.05, 4.69) is 31.4 Å². The number of aliphatic hydroxyl groups is 1. The van der Waals surface area contributed by atoms with Gasteiger partial charge in [-0.1, -0.05) is 29.8 Å². The molecule has 3 N–H and O–H groups in total. The quantitative estimate of drug-likeness (QED) is 0.368. The summed E-state index contributed by atoms with van der Waals surface area (Å²) in [6.07, 6.45) is 8.54. The Kier molecular flexibility index (Phi) is 6.11. The molecule has 32 heavy (non-hydrogen) atoms. The van der Waals surface area contributed by atoms with Crippen LogP contribution in [0.4, 0.5) is 10.6 Å². The minimum Gasteiger partial charge on any atom is -0.394 e. The van der Waals surface area contributed by atoms with Gasteiger partial charge in [0.25, 0.3) is 5.54 Å². The van der Waals surface area contributed by atoms with Gasteiger partial charge in [0, 0.05) is 40.6 Å². The SMILES string of the molecule is [C-]#[N+]C1(c2ncccc2-c2ccc([C@@H](CO)NC(=O)Nc3csc(C#C)n3)cc2Cl)CC1. The number of aromatic nitrogens is 2. The maximum atomic E-state index is 12.3. The van der Waals surface area contributed by atoms with Crippen molar-refractivity contribution in [1.29, 1.82) is 0 Å². The van der Waals surface area contributed by atoms with Crippen LogP contribution in [0.25, 0.3) is 16.0 Å². The molecule has 2 aromatic heterocycles. The van der Waals surface area contributed by atoms with E-state index in [1.165, 1.54) is 11.3 Å². The number of amides is 2. The third-order valence-corrected chi connectivity index (χ3v) is 6.32. The maximum Gasteiger partial charge on any atom is 0.320 e. The van der Waals surface area contributed by atoms with Crippen molar-refractivity contribution in [3.05, 3.63) is 74.6 Å². The molecule has 9 heteroatoms. The summed E-state index contributed by atoms with van der Waals surface area (Å²) in [5.74, 6) is 2.74. The highest BCUT2D eigenvalue weighted by Gasteiger charge is 2.55. The molecule has 4 rings (SSSR count). The zero-order valence-electron chi connectivity index (χ0n) is 16.8. The van der Waals surface area contributed by atoms with Crippen molar-refractivity contribution in [2.45, 2.75) is 24.4 Å². The summed E-state index contributed by atoms with van der Waals surface area (Å²) in [4.78, 5) is 24.7. The number of terminal acetylenes is 1. The Labute approximate surface area is 194 Å². The Balaban J connectivity index is 1.54. The number of carbonyl (C=O) groups excluding carboxylic acids is 1. The molecule has 1 fully saturated rings. The largest absolute Gasteiger partial charge is 0.394 e. The first-order chi connectivity index (χ1) is 15.5. The van der Waals surface area contributed by atoms with Crippen LogP contribution in [0.2, 0.25) is 5.02 Å². The molecule has 1 atom stereocenters. The van der Waals surface area contributed by atoms with Crippen molar-refractivity contribution in [3.63, 3.8) is 0 Å². The van der Waals surface area contributed by atoms with Gasteiger partial charge in [-0.15, -0.1) is 17.8 Å². The molecule has 1 saturated carbocycles. The minimum atomic E-state index is -0.682. The van der Waals surface area contributed by atoms with Gasteiger partial charge in [0.15, 0.2) is 5.01 Å². The van der Waals surface area contributed by atoms with Gasteiger partial charge in [0.1, 0.15) is 11.5 Å². The van der Waals surface area contributed by atoms with Crippen LogP contribution in [0.1, 0.15) is 35.1 Å². The smallest absolute Gasteiger partial charge is 0.320 e. The maximum absolute atomic E-state index is 12.3. The topological polar surface area (TPSA) is 91.5 Å². The molecular weight excluding hydrogens is 446 g/mol. The molecule has 3 aromatic rings. The van der Waals surface area contributed by atoms with Gasteiger partial charge >= 0.3 is 6.03 Å². The summed E-state index contributed by atoms with van der Waals surface area (Å²) in [6.45, 7) is 7.23. The van der Waals surface area contributed by atoms with Gasteiger partial charge in [0.05, 0.1) is 12.6 Å². The number of nitrogens with zero attached hydrogens (tertiary/aromatic N) is 3. The molecule has 2 heterocycles. The van der Waals surface area contributed by atoms with Crippen LogP contribution in [0.5, 0.6) is 0 Å². The molecule has 0 bridgehead atoms. The van der Waals surface area contributed by atoms with Crippen molar-refractivity contribution in [2.75, 3.05) is 11.9 Å². The number of pyridine rings is 1. The van der Waals surface area contributed by atoms with E-state index in [0.29, 0.717) is 21.4 Å². The Morgan fingerprint density at radius 2 is 2.22 bits per heavy atom. The van der Waals surface area contributed by atoms with E-state index < -0.39 is 17.6 Å². The average Bonchev–Trinajstić information content (AvgIpc) is 3.48. The summed E-state index contributed by atoms with van der Waals surface area (Å²) in [5.41, 5.74) is 2.36. The van der Waals surface area contributed by atoms with Gasteiger partial charge in [-0.25, -0.2) is 16.4 Å². The monoisotopic (exact) mass is 463 g/mol. The molecule has 1 aliphatic carbocycles. The number of hydrogen-bond acceptors (Lipinski definition) is 5. The average molecular weight is 464 g/mol. The first kappa shape index (κ1) is 21.8. The minimum absolute atomic E-state index is 0.325. The molecule has 0 saturated heterocycles. The lowest BCUT2D eigenvalue weighted by molar-refractivity contribution is 0.225. The first-order valence-corrected chi connectivity index (χ1v) is 11.0. The number of hydrogen-bond donors (Lipinski definition) is 3. The van der Waals surface area contributed by atoms with E-state index in [9.17, 15) is 9.90 Å². The lowest BCUT2D eigenvalue weighted by Crippen LogP contribution is -2.34. The van der Waals surface area contributed by atoms with Crippen LogP contribution in [0.15, 0.2) is 41.9 Å². The van der Waals surface area contributed by atoms with E-state index in [4.69, 9.17) is 24.6 Å². The number of halogens is 1. The molecule has 160 valence electrons. The lowest BCUT2D eigenvalue weighted by Gasteiger charge is -2.18. The number of anilines is 1. The van der Waals surface area contributed by atoms with Crippen molar-refractivity contribution in [2.24, 2.45) is 0 Å². The van der Waals surface area contributed by atoms with Crippen molar-refractivity contribution in [3.8, 4) is 23.5 Å². The summed E-state index contributed by atoms with van der Waals surface area (Å²) >= 11 is 7.84. The van der Waals surface area contributed by atoms with Crippen LogP contribution in [0.3, 0.4) is 0 Å².